The third-order valence-corrected chi connectivity index (χ3v) is 4.94. The topological polar surface area (TPSA) is 47.2 Å². The number of rotatable bonds is 5. The van der Waals surface area contributed by atoms with E-state index in [1.807, 2.05) is 0 Å². The molecule has 0 aliphatic rings. The van der Waals surface area contributed by atoms with Crippen molar-refractivity contribution >= 4 is 17.0 Å². The van der Waals surface area contributed by atoms with Gasteiger partial charge in [-0.05, 0) is 30.7 Å². The molecule has 160 valence electrons. The van der Waals surface area contributed by atoms with Crippen LogP contribution in [0.3, 0.4) is 0 Å². The maximum absolute atomic E-state index is 14.2. The summed E-state index contributed by atoms with van der Waals surface area (Å²) in [5, 5.41) is 2.64. The Labute approximate surface area is 175 Å². The minimum absolute atomic E-state index is 0.0893. The van der Waals surface area contributed by atoms with Gasteiger partial charge in [-0.25, -0.2) is 4.39 Å². The lowest BCUT2D eigenvalue weighted by atomic mass is 10.1. The fourth-order valence-electron chi connectivity index (χ4n) is 3.45. The van der Waals surface area contributed by atoms with Crippen molar-refractivity contribution < 1.29 is 26.8 Å². The van der Waals surface area contributed by atoms with Crippen LogP contribution in [0, 0.1) is 12.7 Å². The molecule has 4 rings (SSSR count). The second-order valence-electron chi connectivity index (χ2n) is 7.19. The number of aryl methyl sites for hydroxylation is 1. The summed E-state index contributed by atoms with van der Waals surface area (Å²) in [4.78, 5) is 12.9. The van der Waals surface area contributed by atoms with Crippen LogP contribution in [0.4, 0.5) is 17.6 Å². The van der Waals surface area contributed by atoms with Gasteiger partial charge in [0, 0.05) is 24.2 Å². The third-order valence-electron chi connectivity index (χ3n) is 4.94. The number of hydrogen-bond donors (Lipinski definition) is 1. The Bertz CT molecular complexity index is 1250. The fraction of sp³-hybridized carbons (Fsp3) is 0.174. The molecule has 0 bridgehead atoms. The monoisotopic (exact) mass is 430 g/mol. The molecule has 0 saturated carbocycles. The van der Waals surface area contributed by atoms with Gasteiger partial charge >= 0.3 is 6.18 Å². The lowest BCUT2D eigenvalue weighted by molar-refractivity contribution is -0.137. The van der Waals surface area contributed by atoms with Crippen LogP contribution in [0.2, 0.25) is 0 Å². The number of nitrogens with one attached hydrogen (secondary N) is 1. The van der Waals surface area contributed by atoms with Gasteiger partial charge in [-0.3, -0.25) is 4.79 Å². The standard InChI is InChI=1S/C23H18F4N2O2/c1-14-9-19-21(31-14)11-20(29(19)13-16-6-2-3-8-18(16)24)22(30)28-12-15-5-4-7-17(10-15)23(25,26)27/h2-11H,12-13H2,1H3,(H,28,30). The number of alkyl halides is 3. The maximum Gasteiger partial charge on any atom is 0.416 e. The smallest absolute Gasteiger partial charge is 0.416 e. The minimum atomic E-state index is -4.46. The molecule has 0 atom stereocenters. The number of hydrogen-bond acceptors (Lipinski definition) is 2. The highest BCUT2D eigenvalue weighted by Crippen LogP contribution is 2.30. The summed E-state index contributed by atoms with van der Waals surface area (Å²) in [7, 11) is 0. The molecule has 4 aromatic rings. The number of benzene rings is 2. The van der Waals surface area contributed by atoms with Crippen molar-refractivity contribution in [3.8, 4) is 0 Å². The van der Waals surface area contributed by atoms with Gasteiger partial charge < -0.3 is 14.3 Å². The lowest BCUT2D eigenvalue weighted by Gasteiger charge is -2.12. The Morgan fingerprint density at radius 2 is 1.84 bits per heavy atom. The average Bonchev–Trinajstić information content (AvgIpc) is 3.24. The van der Waals surface area contributed by atoms with E-state index in [2.05, 4.69) is 5.32 Å². The van der Waals surface area contributed by atoms with Gasteiger partial charge in [-0.1, -0.05) is 30.3 Å². The molecular formula is C23H18F4N2O2. The van der Waals surface area contributed by atoms with Crippen LogP contribution in [0.5, 0.6) is 0 Å². The van der Waals surface area contributed by atoms with Crippen molar-refractivity contribution in [3.63, 3.8) is 0 Å². The average molecular weight is 430 g/mol. The van der Waals surface area contributed by atoms with E-state index in [4.69, 9.17) is 4.42 Å². The molecule has 1 amide bonds. The van der Waals surface area contributed by atoms with E-state index in [1.165, 1.54) is 18.2 Å². The van der Waals surface area contributed by atoms with Crippen molar-refractivity contribution in [1.29, 1.82) is 0 Å². The quantitative estimate of drug-likeness (QED) is 0.414. The molecule has 0 aliphatic carbocycles. The zero-order valence-corrected chi connectivity index (χ0v) is 16.5. The third kappa shape index (κ3) is 4.33. The summed E-state index contributed by atoms with van der Waals surface area (Å²) < 4.78 is 60.2. The maximum atomic E-state index is 14.2. The molecule has 1 N–H and O–H groups in total. The predicted molar refractivity (Wildman–Crippen MR) is 107 cm³/mol. The summed E-state index contributed by atoms with van der Waals surface area (Å²) in [6.07, 6.45) is -4.46. The van der Waals surface area contributed by atoms with Crippen molar-refractivity contribution in [1.82, 2.24) is 9.88 Å². The number of nitrogens with zero attached hydrogens (tertiary/aromatic N) is 1. The van der Waals surface area contributed by atoms with Gasteiger partial charge in [0.2, 0.25) is 0 Å². The summed E-state index contributed by atoms with van der Waals surface area (Å²) in [6.45, 7) is 1.77. The number of carbonyl (C=O) groups excluding carboxylic acids is 1. The molecule has 8 heteroatoms. The van der Waals surface area contributed by atoms with E-state index in [9.17, 15) is 22.4 Å². The SMILES string of the molecule is Cc1cc2c(cc(C(=O)NCc3cccc(C(F)(F)F)c3)n2Cc2ccccc2F)o1. The molecule has 2 aromatic heterocycles. The molecule has 4 nitrogen and oxygen atoms in total. The number of fused-ring (bicyclic) bond motifs is 1. The van der Waals surface area contributed by atoms with Gasteiger partial charge in [0.05, 0.1) is 17.6 Å². The molecule has 0 saturated heterocycles. The number of amides is 1. The number of halogens is 4. The molecule has 31 heavy (non-hydrogen) atoms. The van der Waals surface area contributed by atoms with Crippen molar-refractivity contribution in [2.45, 2.75) is 26.2 Å². The lowest BCUT2D eigenvalue weighted by Crippen LogP contribution is -2.26. The minimum Gasteiger partial charge on any atom is -0.460 e. The van der Waals surface area contributed by atoms with E-state index >= 15 is 0 Å². The number of aromatic nitrogens is 1. The Morgan fingerprint density at radius 1 is 1.06 bits per heavy atom. The normalized spacial score (nSPS) is 11.8. The van der Waals surface area contributed by atoms with E-state index in [1.54, 1.807) is 41.8 Å². The van der Waals surface area contributed by atoms with Gasteiger partial charge in [0.1, 0.15) is 17.3 Å². The van der Waals surface area contributed by atoms with E-state index in [-0.39, 0.29) is 18.8 Å². The molecule has 0 fully saturated rings. The van der Waals surface area contributed by atoms with Gasteiger partial charge in [0.15, 0.2) is 5.58 Å². The molecular weight excluding hydrogens is 412 g/mol. The number of furan rings is 1. The predicted octanol–water partition coefficient (Wildman–Crippen LogP) is 5.68. The first-order valence-corrected chi connectivity index (χ1v) is 9.50. The van der Waals surface area contributed by atoms with E-state index in [0.717, 1.165) is 12.1 Å². The molecule has 0 aliphatic heterocycles. The van der Waals surface area contributed by atoms with E-state index < -0.39 is 23.5 Å². The van der Waals surface area contributed by atoms with Crippen molar-refractivity contribution in [2.24, 2.45) is 0 Å². The summed E-state index contributed by atoms with van der Waals surface area (Å²) in [5.41, 5.74) is 1.25. The van der Waals surface area contributed by atoms with Crippen LogP contribution in [0.1, 0.15) is 32.9 Å². The van der Waals surface area contributed by atoms with Gasteiger partial charge in [-0.2, -0.15) is 13.2 Å². The first-order chi connectivity index (χ1) is 14.7. The van der Waals surface area contributed by atoms with Crippen LogP contribution >= 0.6 is 0 Å². The zero-order valence-electron chi connectivity index (χ0n) is 16.5. The fourth-order valence-corrected chi connectivity index (χ4v) is 3.45. The summed E-state index contributed by atoms with van der Waals surface area (Å²) in [6, 6.07) is 14.3. The highest BCUT2D eigenvalue weighted by atomic mass is 19.4. The van der Waals surface area contributed by atoms with Crippen LogP contribution in [-0.4, -0.2) is 10.5 Å². The largest absolute Gasteiger partial charge is 0.460 e. The van der Waals surface area contributed by atoms with Crippen molar-refractivity contribution in [3.05, 3.63) is 94.6 Å². The Hall–Kier alpha value is -3.55. The van der Waals surface area contributed by atoms with Crippen LogP contribution < -0.4 is 5.32 Å². The molecule has 0 unspecified atom stereocenters. The van der Waals surface area contributed by atoms with Gasteiger partial charge in [-0.15, -0.1) is 0 Å². The van der Waals surface area contributed by atoms with Crippen LogP contribution in [0.15, 0.2) is 65.1 Å². The summed E-state index contributed by atoms with van der Waals surface area (Å²) in [5.74, 6) is -0.263. The van der Waals surface area contributed by atoms with Gasteiger partial charge in [0.25, 0.3) is 5.91 Å². The Morgan fingerprint density at radius 3 is 2.58 bits per heavy atom. The first-order valence-electron chi connectivity index (χ1n) is 9.50. The second kappa shape index (κ2) is 7.94. The number of carbonyl (C=O) groups is 1. The molecule has 0 radical (unpaired) electrons. The highest BCUT2D eigenvalue weighted by Gasteiger charge is 2.30. The van der Waals surface area contributed by atoms with Crippen LogP contribution in [-0.2, 0) is 19.3 Å². The van der Waals surface area contributed by atoms with E-state index in [0.29, 0.717) is 28.0 Å². The Kier molecular flexibility index (Phi) is 5.31. The molecule has 2 heterocycles. The first kappa shape index (κ1) is 20.7. The molecule has 2 aromatic carbocycles. The summed E-state index contributed by atoms with van der Waals surface area (Å²) >= 11 is 0. The second-order valence-corrected chi connectivity index (χ2v) is 7.19. The molecule has 0 spiro atoms. The van der Waals surface area contributed by atoms with Crippen LogP contribution in [0.25, 0.3) is 11.1 Å². The highest BCUT2D eigenvalue weighted by molar-refractivity contribution is 5.97. The zero-order chi connectivity index (χ0) is 22.2. The Balaban J connectivity index is 1.61. The van der Waals surface area contributed by atoms with Crippen molar-refractivity contribution in [2.75, 3.05) is 0 Å².